The summed E-state index contributed by atoms with van der Waals surface area (Å²) in [4.78, 5) is 17.1. The Bertz CT molecular complexity index is 370. The van der Waals surface area contributed by atoms with Crippen molar-refractivity contribution in [2.75, 3.05) is 32.1 Å². The zero-order chi connectivity index (χ0) is 13.4. The van der Waals surface area contributed by atoms with Crippen molar-refractivity contribution in [3.8, 4) is 0 Å². The molecule has 0 saturated heterocycles. The number of nitrogens with one attached hydrogen (secondary N) is 1. The van der Waals surface area contributed by atoms with E-state index < -0.39 is 5.95 Å². The highest BCUT2D eigenvalue weighted by molar-refractivity contribution is 5.89. The Labute approximate surface area is 106 Å². The maximum absolute atomic E-state index is 12.6. The largest absolute Gasteiger partial charge is 0.383 e. The number of pyridine rings is 1. The average molecular weight is 255 g/mol. The number of anilines is 1. The molecular weight excluding hydrogens is 237 g/mol. The maximum Gasteiger partial charge on any atom is 0.321 e. The fourth-order valence-corrected chi connectivity index (χ4v) is 1.44. The third kappa shape index (κ3) is 4.67. The second-order valence-corrected chi connectivity index (χ2v) is 3.78. The lowest BCUT2D eigenvalue weighted by Crippen LogP contribution is -2.37. The fraction of sp³-hybridized carbons (Fsp3) is 0.500. The standard InChI is InChI=1S/C12H18FN3O2/c1-3-6-16(7-8-18-2)12(17)15-10-4-5-11(13)14-9-10/h4-5,9H,3,6-8H2,1-2H3,(H,15,17). The van der Waals surface area contributed by atoms with Crippen LogP contribution < -0.4 is 5.32 Å². The quantitative estimate of drug-likeness (QED) is 0.792. The summed E-state index contributed by atoms with van der Waals surface area (Å²) in [5, 5.41) is 2.67. The summed E-state index contributed by atoms with van der Waals surface area (Å²) in [6.45, 7) is 3.64. The first-order valence-electron chi connectivity index (χ1n) is 5.83. The molecule has 1 heterocycles. The van der Waals surface area contributed by atoms with Crippen LogP contribution in [0.15, 0.2) is 18.3 Å². The molecule has 0 aromatic carbocycles. The highest BCUT2D eigenvalue weighted by atomic mass is 19.1. The van der Waals surface area contributed by atoms with Gasteiger partial charge in [0.05, 0.1) is 18.5 Å². The number of rotatable bonds is 6. The van der Waals surface area contributed by atoms with Gasteiger partial charge < -0.3 is 15.0 Å². The van der Waals surface area contributed by atoms with Crippen molar-refractivity contribution in [3.63, 3.8) is 0 Å². The molecule has 0 saturated carbocycles. The minimum absolute atomic E-state index is 0.234. The predicted octanol–water partition coefficient (Wildman–Crippen LogP) is 2.11. The number of hydrogen-bond acceptors (Lipinski definition) is 3. The van der Waals surface area contributed by atoms with Crippen LogP contribution in [0.2, 0.25) is 0 Å². The van der Waals surface area contributed by atoms with Crippen LogP contribution in [0.5, 0.6) is 0 Å². The van der Waals surface area contributed by atoms with E-state index >= 15 is 0 Å². The Morgan fingerprint density at radius 2 is 2.28 bits per heavy atom. The highest BCUT2D eigenvalue weighted by Gasteiger charge is 2.12. The van der Waals surface area contributed by atoms with Crippen molar-refractivity contribution >= 4 is 11.7 Å². The molecule has 0 unspecified atom stereocenters. The topological polar surface area (TPSA) is 54.5 Å². The lowest BCUT2D eigenvalue weighted by atomic mass is 10.4. The van der Waals surface area contributed by atoms with E-state index in [1.807, 2.05) is 6.92 Å². The van der Waals surface area contributed by atoms with Crippen LogP contribution in [-0.4, -0.2) is 42.7 Å². The van der Waals surface area contributed by atoms with Gasteiger partial charge in [-0.3, -0.25) is 0 Å². The number of nitrogens with zero attached hydrogens (tertiary/aromatic N) is 2. The van der Waals surface area contributed by atoms with Gasteiger partial charge in [-0.1, -0.05) is 6.92 Å². The van der Waals surface area contributed by atoms with Crippen LogP contribution in [0.25, 0.3) is 0 Å². The smallest absolute Gasteiger partial charge is 0.321 e. The van der Waals surface area contributed by atoms with E-state index in [-0.39, 0.29) is 6.03 Å². The molecule has 1 N–H and O–H groups in total. The zero-order valence-corrected chi connectivity index (χ0v) is 10.6. The summed E-state index contributed by atoms with van der Waals surface area (Å²) in [5.74, 6) is -0.571. The summed E-state index contributed by atoms with van der Waals surface area (Å²) in [5.41, 5.74) is 0.472. The molecule has 6 heteroatoms. The molecule has 0 radical (unpaired) electrons. The number of halogens is 1. The molecule has 5 nitrogen and oxygen atoms in total. The lowest BCUT2D eigenvalue weighted by molar-refractivity contribution is 0.155. The van der Waals surface area contributed by atoms with Crippen molar-refractivity contribution < 1.29 is 13.9 Å². The lowest BCUT2D eigenvalue weighted by Gasteiger charge is -2.22. The van der Waals surface area contributed by atoms with Crippen molar-refractivity contribution in [1.29, 1.82) is 0 Å². The second-order valence-electron chi connectivity index (χ2n) is 3.78. The Morgan fingerprint density at radius 3 is 2.83 bits per heavy atom. The van der Waals surface area contributed by atoms with Crippen molar-refractivity contribution in [1.82, 2.24) is 9.88 Å². The number of ether oxygens (including phenoxy) is 1. The molecule has 1 rings (SSSR count). The molecule has 0 atom stereocenters. The van der Waals surface area contributed by atoms with Crippen LogP contribution in [0.3, 0.4) is 0 Å². The first-order valence-corrected chi connectivity index (χ1v) is 5.83. The molecule has 2 amide bonds. The van der Waals surface area contributed by atoms with Crippen molar-refractivity contribution in [3.05, 3.63) is 24.3 Å². The zero-order valence-electron chi connectivity index (χ0n) is 10.6. The Hall–Kier alpha value is -1.69. The third-order valence-electron chi connectivity index (χ3n) is 2.32. The number of urea groups is 1. The fourth-order valence-electron chi connectivity index (χ4n) is 1.44. The van der Waals surface area contributed by atoms with Gasteiger partial charge >= 0.3 is 6.03 Å². The third-order valence-corrected chi connectivity index (χ3v) is 2.32. The Morgan fingerprint density at radius 1 is 1.50 bits per heavy atom. The van der Waals surface area contributed by atoms with Gasteiger partial charge in [0, 0.05) is 20.2 Å². The molecule has 1 aromatic rings. The van der Waals surface area contributed by atoms with E-state index in [0.717, 1.165) is 6.42 Å². The second kappa shape index (κ2) is 7.60. The maximum atomic E-state index is 12.6. The molecule has 0 fully saturated rings. The molecule has 100 valence electrons. The molecular formula is C12H18FN3O2. The number of carbonyl (C=O) groups excluding carboxylic acids is 1. The number of carbonyl (C=O) groups is 1. The van der Waals surface area contributed by atoms with Gasteiger partial charge in [0.2, 0.25) is 5.95 Å². The van der Waals surface area contributed by atoms with E-state index in [0.29, 0.717) is 25.4 Å². The number of aromatic nitrogens is 1. The van der Waals surface area contributed by atoms with Crippen LogP contribution in [0, 0.1) is 5.95 Å². The normalized spacial score (nSPS) is 10.2. The van der Waals surface area contributed by atoms with Gasteiger partial charge in [0.1, 0.15) is 0 Å². The summed E-state index contributed by atoms with van der Waals surface area (Å²) >= 11 is 0. The summed E-state index contributed by atoms with van der Waals surface area (Å²) in [6.07, 6.45) is 2.15. The van der Waals surface area contributed by atoms with E-state index in [2.05, 4.69) is 10.3 Å². The van der Waals surface area contributed by atoms with Gasteiger partial charge in [-0.15, -0.1) is 0 Å². The van der Waals surface area contributed by atoms with Gasteiger partial charge in [-0.05, 0) is 18.6 Å². The molecule has 0 aliphatic carbocycles. The number of hydrogen-bond donors (Lipinski definition) is 1. The van der Waals surface area contributed by atoms with Crippen LogP contribution in [0.1, 0.15) is 13.3 Å². The van der Waals surface area contributed by atoms with Crippen LogP contribution in [-0.2, 0) is 4.74 Å². The minimum Gasteiger partial charge on any atom is -0.383 e. The van der Waals surface area contributed by atoms with E-state index in [1.165, 1.54) is 18.3 Å². The van der Waals surface area contributed by atoms with Gasteiger partial charge in [0.25, 0.3) is 0 Å². The van der Waals surface area contributed by atoms with E-state index in [1.54, 1.807) is 12.0 Å². The Kier molecular flexibility index (Phi) is 6.07. The first-order chi connectivity index (χ1) is 8.67. The van der Waals surface area contributed by atoms with Gasteiger partial charge in [-0.25, -0.2) is 9.78 Å². The average Bonchev–Trinajstić information content (AvgIpc) is 2.37. The van der Waals surface area contributed by atoms with Crippen molar-refractivity contribution in [2.45, 2.75) is 13.3 Å². The van der Waals surface area contributed by atoms with Crippen LogP contribution >= 0.6 is 0 Å². The predicted molar refractivity (Wildman–Crippen MR) is 67.0 cm³/mol. The number of amides is 2. The SMILES string of the molecule is CCCN(CCOC)C(=O)Nc1ccc(F)nc1. The van der Waals surface area contributed by atoms with E-state index in [4.69, 9.17) is 4.74 Å². The molecule has 0 aliphatic heterocycles. The van der Waals surface area contributed by atoms with Gasteiger partial charge in [0.15, 0.2) is 0 Å². The molecule has 1 aromatic heterocycles. The monoisotopic (exact) mass is 255 g/mol. The highest BCUT2D eigenvalue weighted by Crippen LogP contribution is 2.07. The molecule has 0 bridgehead atoms. The summed E-state index contributed by atoms with van der Waals surface area (Å²) in [6, 6.07) is 2.44. The summed E-state index contributed by atoms with van der Waals surface area (Å²) < 4.78 is 17.6. The van der Waals surface area contributed by atoms with Crippen molar-refractivity contribution in [2.24, 2.45) is 0 Å². The minimum atomic E-state index is -0.571. The number of methoxy groups -OCH3 is 1. The Balaban J connectivity index is 2.57. The molecule has 0 spiro atoms. The molecule has 0 aliphatic rings. The van der Waals surface area contributed by atoms with Gasteiger partial charge in [-0.2, -0.15) is 4.39 Å². The summed E-state index contributed by atoms with van der Waals surface area (Å²) in [7, 11) is 1.59. The van der Waals surface area contributed by atoms with E-state index in [9.17, 15) is 9.18 Å². The molecule has 18 heavy (non-hydrogen) atoms. The van der Waals surface area contributed by atoms with Crippen LogP contribution in [0.4, 0.5) is 14.9 Å². The first kappa shape index (κ1) is 14.4.